The van der Waals surface area contributed by atoms with Crippen molar-refractivity contribution in [1.82, 2.24) is 28.7 Å². The second-order valence-corrected chi connectivity index (χ2v) is 25.4. The lowest BCUT2D eigenvalue weighted by atomic mass is 10.0. The number of aryl methyl sites for hydroxylation is 2. The SMILES string of the molecule is BrCc1ccc2cc3ccccc3cc2c1.CI.C[n+]1cn(Cc2ccc3cc4ccccc4cc3c2)c(Cl)c1Cl.C[n+]1cn(Cc2ccc3cc4ccccc4cc3c2)c(Cl)c1Cl.Clc1nc[nH]c1Cl.Clc1ncn(Cc2ccc3cc4ccccc4cc3c2)c1Cl.[I-].[I-]. The lowest BCUT2D eigenvalue weighted by Gasteiger charge is -2.07. The molecular formula is C75H58BrCl8I3N8. The number of rotatable bonds is 7. The van der Waals surface area contributed by atoms with Crippen molar-refractivity contribution in [3.63, 3.8) is 0 Å². The van der Waals surface area contributed by atoms with Crippen molar-refractivity contribution in [3.8, 4) is 0 Å². The minimum absolute atomic E-state index is 0. The number of alkyl halides is 2. The zero-order valence-corrected chi connectivity index (χ0v) is 65.2. The van der Waals surface area contributed by atoms with Gasteiger partial charge in [-0.1, -0.05) is 237 Å². The van der Waals surface area contributed by atoms with Gasteiger partial charge in [0.1, 0.15) is 23.4 Å². The highest BCUT2D eigenvalue weighted by atomic mass is 127. The number of aromatic nitrogens is 8. The van der Waals surface area contributed by atoms with Gasteiger partial charge in [-0.05, 0) is 226 Å². The van der Waals surface area contributed by atoms with Crippen molar-refractivity contribution in [2.75, 3.05) is 4.93 Å². The number of aromatic amines is 1. The van der Waals surface area contributed by atoms with E-state index in [1.807, 2.05) is 54.5 Å². The molecule has 482 valence electrons. The summed E-state index contributed by atoms with van der Waals surface area (Å²) in [6.45, 7) is 2.05. The molecule has 0 amide bonds. The van der Waals surface area contributed by atoms with E-state index in [0.29, 0.717) is 60.9 Å². The summed E-state index contributed by atoms with van der Waals surface area (Å²) in [5.41, 5.74) is 4.88. The van der Waals surface area contributed by atoms with Crippen LogP contribution in [-0.2, 0) is 39.1 Å². The molecule has 0 unspecified atom stereocenters. The molecule has 16 aromatic rings. The van der Waals surface area contributed by atoms with Crippen LogP contribution in [0, 0.1) is 0 Å². The van der Waals surface area contributed by atoms with Crippen molar-refractivity contribution in [1.29, 1.82) is 0 Å². The van der Waals surface area contributed by atoms with Crippen LogP contribution < -0.4 is 57.1 Å². The number of halogens is 12. The molecule has 95 heavy (non-hydrogen) atoms. The quantitative estimate of drug-likeness (QED) is 0.0748. The first-order chi connectivity index (χ1) is 45.1. The van der Waals surface area contributed by atoms with E-state index in [0.717, 1.165) is 5.33 Å². The Morgan fingerprint density at radius 2 is 0.642 bits per heavy atom. The first kappa shape index (κ1) is 73.8. The van der Waals surface area contributed by atoms with Gasteiger partial charge >= 0.3 is 0 Å². The highest BCUT2D eigenvalue weighted by molar-refractivity contribution is 14.1. The van der Waals surface area contributed by atoms with Crippen LogP contribution in [0.15, 0.2) is 244 Å². The molecule has 4 aromatic heterocycles. The van der Waals surface area contributed by atoms with Crippen LogP contribution in [0.2, 0.25) is 41.2 Å². The molecule has 0 atom stereocenters. The summed E-state index contributed by atoms with van der Waals surface area (Å²) in [5.74, 6) is 0. The Balaban J connectivity index is 0.000000142. The van der Waals surface area contributed by atoms with Crippen molar-refractivity contribution in [2.45, 2.75) is 25.0 Å². The van der Waals surface area contributed by atoms with Crippen LogP contribution in [0.5, 0.6) is 0 Å². The number of imidazole rings is 4. The van der Waals surface area contributed by atoms with E-state index >= 15 is 0 Å². The topological polar surface area (TPSA) is 64.1 Å². The maximum atomic E-state index is 6.27. The van der Waals surface area contributed by atoms with E-state index in [1.165, 1.54) is 115 Å². The Morgan fingerprint density at radius 1 is 0.358 bits per heavy atom. The molecule has 0 radical (unpaired) electrons. The minimum Gasteiger partial charge on any atom is -1.00 e. The second-order valence-electron chi connectivity index (χ2n) is 22.0. The summed E-state index contributed by atoms with van der Waals surface area (Å²) < 4.78 is 9.38. The van der Waals surface area contributed by atoms with Crippen molar-refractivity contribution < 1.29 is 57.1 Å². The number of nitrogens with zero attached hydrogens (tertiary/aromatic N) is 7. The summed E-state index contributed by atoms with van der Waals surface area (Å²) in [6.07, 6.45) is 6.92. The maximum absolute atomic E-state index is 6.27. The van der Waals surface area contributed by atoms with Crippen LogP contribution in [0.4, 0.5) is 0 Å². The van der Waals surface area contributed by atoms with E-state index in [4.69, 9.17) is 92.8 Å². The molecule has 0 saturated heterocycles. The van der Waals surface area contributed by atoms with Gasteiger partial charge in [0.2, 0.25) is 12.7 Å². The first-order valence-electron chi connectivity index (χ1n) is 29.2. The van der Waals surface area contributed by atoms with Gasteiger partial charge in [0.05, 0.1) is 26.7 Å². The summed E-state index contributed by atoms with van der Waals surface area (Å²) in [7, 11) is 3.77. The largest absolute Gasteiger partial charge is 1.00 e. The number of hydrogen-bond acceptors (Lipinski definition) is 2. The van der Waals surface area contributed by atoms with E-state index < -0.39 is 0 Å². The van der Waals surface area contributed by atoms with Crippen LogP contribution in [0.1, 0.15) is 22.3 Å². The molecule has 20 heteroatoms. The molecule has 16 rings (SSSR count). The Kier molecular flexibility index (Phi) is 26.7. The predicted molar refractivity (Wildman–Crippen MR) is 408 cm³/mol. The van der Waals surface area contributed by atoms with Gasteiger partial charge in [-0.2, -0.15) is 0 Å². The zero-order chi connectivity index (χ0) is 65.3. The second kappa shape index (κ2) is 34.4. The monoisotopic (exact) mass is 1810 g/mol. The van der Waals surface area contributed by atoms with Gasteiger partial charge in [0.25, 0.3) is 20.6 Å². The highest BCUT2D eigenvalue weighted by Crippen LogP contribution is 2.31. The van der Waals surface area contributed by atoms with E-state index in [1.54, 1.807) is 6.33 Å². The fourth-order valence-electron chi connectivity index (χ4n) is 11.0. The predicted octanol–water partition coefficient (Wildman–Crippen LogP) is 17.2. The molecule has 8 nitrogen and oxygen atoms in total. The van der Waals surface area contributed by atoms with E-state index in [9.17, 15) is 0 Å². The molecular weight excluding hydrogens is 1760 g/mol. The van der Waals surface area contributed by atoms with Gasteiger partial charge in [-0.15, -0.1) is 0 Å². The van der Waals surface area contributed by atoms with Gasteiger partial charge in [-0.25, -0.2) is 28.2 Å². The van der Waals surface area contributed by atoms with Crippen molar-refractivity contribution in [2.24, 2.45) is 14.1 Å². The average molecular weight is 1820 g/mol. The fourth-order valence-corrected chi connectivity index (χ4v) is 12.6. The summed E-state index contributed by atoms with van der Waals surface area (Å²) in [4.78, 5) is 12.2. The number of hydrogen-bond donors (Lipinski definition) is 1. The Bertz CT molecular complexity index is 5160. The number of H-pyrrole nitrogens is 1. The van der Waals surface area contributed by atoms with Crippen molar-refractivity contribution >= 4 is 218 Å². The summed E-state index contributed by atoms with van der Waals surface area (Å²) in [5, 5.41) is 24.9. The Hall–Kier alpha value is -5.45. The Labute approximate surface area is 646 Å². The lowest BCUT2D eigenvalue weighted by molar-refractivity contribution is -0.668. The molecule has 12 aromatic carbocycles. The standard InChI is InChI=1S/2C19H15Cl2N2.C18H12Cl2N2.C15H11Br.C3H2Cl2N2.CH3I.2HI/c2*1-22-12-23(19(21)18(22)20)11-13-6-7-16-9-14-4-2-3-5-15(14)10-17(16)8-13;19-17-18(20)22(11-21-17)10-12-5-6-15-8-13-3-1-2-4-14(13)9-16(15)7-12;16-10-11-5-6-14-8-12-3-1-2-4-13(12)9-15(14)7-11;4-2-3(5)7-1-6-2;1-2;;/h2*2-10,12H,11H2,1H3;1-9,11H,10H2;1-9H,10H2;1H,(H,6,7);1H3;2*1H/q2*+1;;;;;;/p-2. The number of benzene rings is 12. The molecule has 0 spiro atoms. The molecule has 0 fully saturated rings. The van der Waals surface area contributed by atoms with Crippen LogP contribution in [-0.4, -0.2) is 33.6 Å². The molecule has 0 aliphatic carbocycles. The number of fused-ring (bicyclic) bond motifs is 8. The van der Waals surface area contributed by atoms with Gasteiger partial charge in [-0.3, -0.25) is 0 Å². The van der Waals surface area contributed by atoms with Crippen LogP contribution in [0.3, 0.4) is 0 Å². The van der Waals surface area contributed by atoms with Crippen molar-refractivity contribution in [3.05, 3.63) is 307 Å². The third kappa shape index (κ3) is 18.1. The smallest absolute Gasteiger partial charge is 0.255 e. The number of nitrogens with one attached hydrogen (secondary N) is 1. The molecule has 0 aliphatic heterocycles. The first-order valence-corrected chi connectivity index (χ1v) is 35.5. The van der Waals surface area contributed by atoms with Gasteiger partial charge in [0, 0.05) is 11.9 Å². The molecule has 1 N–H and O–H groups in total. The average Bonchev–Trinajstić information content (AvgIpc) is 1.77. The molecule has 0 saturated carbocycles. The van der Waals surface area contributed by atoms with Gasteiger partial charge in [0.15, 0.2) is 10.3 Å². The van der Waals surface area contributed by atoms with Gasteiger partial charge < -0.3 is 57.5 Å². The van der Waals surface area contributed by atoms with E-state index in [-0.39, 0.29) is 48.0 Å². The lowest BCUT2D eigenvalue weighted by Crippen LogP contribution is -3.00. The minimum atomic E-state index is 0. The molecule has 0 aliphatic rings. The fraction of sp³-hybridized carbons (Fsp3) is 0.0933. The zero-order valence-electron chi connectivity index (χ0n) is 51.1. The van der Waals surface area contributed by atoms with Crippen LogP contribution >= 0.6 is 131 Å². The third-order valence-corrected chi connectivity index (χ3v) is 19.6. The summed E-state index contributed by atoms with van der Waals surface area (Å²) >= 11 is 53.2. The highest BCUT2D eigenvalue weighted by Gasteiger charge is 2.19. The summed E-state index contributed by atoms with van der Waals surface area (Å²) in [6, 6.07) is 77.7. The Morgan fingerprint density at radius 3 is 0.884 bits per heavy atom. The third-order valence-electron chi connectivity index (χ3n) is 15.7. The maximum Gasteiger partial charge on any atom is 0.255 e. The van der Waals surface area contributed by atoms with E-state index in [2.05, 4.69) is 272 Å². The molecule has 4 heterocycles. The normalized spacial score (nSPS) is 10.8. The van der Waals surface area contributed by atoms with Crippen LogP contribution in [0.25, 0.3) is 86.2 Å². The molecule has 0 bridgehead atoms.